The van der Waals surface area contributed by atoms with E-state index < -0.39 is 12.3 Å². The van der Waals surface area contributed by atoms with Gasteiger partial charge in [0.1, 0.15) is 0 Å². The maximum absolute atomic E-state index is 12.0. The quantitative estimate of drug-likeness (QED) is 0.732. The average Bonchev–Trinajstić information content (AvgIpc) is 2.52. The molecular weight excluding hydrogens is 178 g/mol. The number of aromatic nitrogens is 2. The highest BCUT2D eigenvalue weighted by Crippen LogP contribution is 2.21. The van der Waals surface area contributed by atoms with Gasteiger partial charge in [0.25, 0.3) is 5.89 Å². The van der Waals surface area contributed by atoms with Gasteiger partial charge in [0.15, 0.2) is 5.82 Å². The first-order valence-electron chi connectivity index (χ1n) is 4.26. The number of alkyl halides is 2. The van der Waals surface area contributed by atoms with Crippen molar-refractivity contribution in [3.05, 3.63) is 11.7 Å². The summed E-state index contributed by atoms with van der Waals surface area (Å²) in [6.45, 7) is 3.91. The van der Waals surface area contributed by atoms with Crippen LogP contribution in [0.25, 0.3) is 0 Å². The molecule has 0 bridgehead atoms. The third-order valence-corrected chi connectivity index (χ3v) is 1.81. The van der Waals surface area contributed by atoms with Crippen LogP contribution >= 0.6 is 0 Å². The fourth-order valence-electron chi connectivity index (χ4n) is 1.10. The minimum atomic E-state index is -2.67. The molecule has 13 heavy (non-hydrogen) atoms. The molecule has 0 amide bonds. The second kappa shape index (κ2) is 4.30. The zero-order chi connectivity index (χ0) is 9.84. The highest BCUT2D eigenvalue weighted by Gasteiger charge is 2.18. The minimum absolute atomic E-state index is 0.0845. The molecule has 1 rings (SSSR count). The lowest BCUT2D eigenvalue weighted by molar-refractivity contribution is 0.106. The van der Waals surface area contributed by atoms with Crippen molar-refractivity contribution in [2.75, 3.05) is 0 Å². The molecule has 0 saturated heterocycles. The third-order valence-electron chi connectivity index (χ3n) is 1.81. The Morgan fingerprint density at radius 2 is 2.15 bits per heavy atom. The molecule has 1 heterocycles. The summed E-state index contributed by atoms with van der Waals surface area (Å²) < 4.78 is 28.4. The average molecular weight is 190 g/mol. The molecule has 3 nitrogen and oxygen atoms in total. The van der Waals surface area contributed by atoms with Gasteiger partial charge >= 0.3 is 6.43 Å². The van der Waals surface area contributed by atoms with Gasteiger partial charge in [-0.3, -0.25) is 0 Å². The van der Waals surface area contributed by atoms with E-state index in [-0.39, 0.29) is 5.92 Å². The number of hydrogen-bond acceptors (Lipinski definition) is 3. The molecule has 1 aromatic heterocycles. The molecule has 0 N–H and O–H groups in total. The molecule has 0 saturated carbocycles. The van der Waals surface area contributed by atoms with Crippen LogP contribution in [0.4, 0.5) is 8.78 Å². The molecule has 1 atom stereocenters. The number of halogens is 2. The van der Waals surface area contributed by atoms with Crippen LogP contribution in [-0.2, 0) is 0 Å². The van der Waals surface area contributed by atoms with Crippen LogP contribution in [0.15, 0.2) is 4.52 Å². The molecule has 5 heteroatoms. The zero-order valence-electron chi connectivity index (χ0n) is 7.63. The summed E-state index contributed by atoms with van der Waals surface area (Å²) >= 11 is 0. The molecule has 74 valence electrons. The smallest absolute Gasteiger partial charge is 0.315 e. The van der Waals surface area contributed by atoms with E-state index in [1.54, 1.807) is 0 Å². The lowest BCUT2D eigenvalue weighted by Crippen LogP contribution is -1.95. The van der Waals surface area contributed by atoms with Crippen molar-refractivity contribution in [1.82, 2.24) is 10.1 Å². The monoisotopic (exact) mass is 190 g/mol. The van der Waals surface area contributed by atoms with E-state index in [9.17, 15) is 8.78 Å². The summed E-state index contributed by atoms with van der Waals surface area (Å²) in [5.41, 5.74) is 0. The van der Waals surface area contributed by atoms with Crippen LogP contribution in [0.3, 0.4) is 0 Å². The van der Waals surface area contributed by atoms with Crippen molar-refractivity contribution < 1.29 is 13.3 Å². The molecule has 0 aliphatic carbocycles. The first-order chi connectivity index (χ1) is 6.15. The maximum atomic E-state index is 12.0. The van der Waals surface area contributed by atoms with Crippen LogP contribution in [0.5, 0.6) is 0 Å². The van der Waals surface area contributed by atoms with E-state index in [0.717, 1.165) is 12.8 Å². The van der Waals surface area contributed by atoms with Gasteiger partial charge in [-0.15, -0.1) is 0 Å². The molecule has 0 aliphatic heterocycles. The fourth-order valence-corrected chi connectivity index (χ4v) is 1.10. The molecule has 0 radical (unpaired) electrons. The van der Waals surface area contributed by atoms with Crippen molar-refractivity contribution in [3.63, 3.8) is 0 Å². The Bertz CT molecular complexity index is 262. The Morgan fingerprint density at radius 1 is 1.46 bits per heavy atom. The number of nitrogens with zero attached hydrogens (tertiary/aromatic N) is 2. The number of rotatable bonds is 4. The SMILES string of the molecule is CCCC(C)c1noc(C(F)F)n1. The highest BCUT2D eigenvalue weighted by molar-refractivity contribution is 4.93. The lowest BCUT2D eigenvalue weighted by Gasteiger charge is -2.01. The van der Waals surface area contributed by atoms with E-state index in [1.165, 1.54) is 0 Å². The van der Waals surface area contributed by atoms with Gasteiger partial charge in [-0.1, -0.05) is 25.4 Å². The van der Waals surface area contributed by atoms with Gasteiger partial charge in [0.05, 0.1) is 0 Å². The van der Waals surface area contributed by atoms with Gasteiger partial charge in [0, 0.05) is 5.92 Å². The first kappa shape index (κ1) is 10.1. The predicted molar refractivity (Wildman–Crippen MR) is 42.6 cm³/mol. The van der Waals surface area contributed by atoms with Gasteiger partial charge in [-0.25, -0.2) is 0 Å². The molecule has 0 fully saturated rings. The van der Waals surface area contributed by atoms with Crippen molar-refractivity contribution in [2.45, 2.75) is 39.0 Å². The van der Waals surface area contributed by atoms with Crippen molar-refractivity contribution in [3.8, 4) is 0 Å². The molecular formula is C8H12F2N2O. The fraction of sp³-hybridized carbons (Fsp3) is 0.750. The standard InChI is InChI=1S/C8H12F2N2O/c1-3-4-5(2)7-11-8(6(9)10)13-12-7/h5-6H,3-4H2,1-2H3. The molecule has 0 aromatic carbocycles. The Hall–Kier alpha value is -1.00. The summed E-state index contributed by atoms with van der Waals surface area (Å²) in [5, 5.41) is 3.49. The van der Waals surface area contributed by atoms with Crippen LogP contribution in [-0.4, -0.2) is 10.1 Å². The molecule has 0 spiro atoms. The van der Waals surface area contributed by atoms with Gasteiger partial charge in [-0.2, -0.15) is 13.8 Å². The Morgan fingerprint density at radius 3 is 2.62 bits per heavy atom. The summed E-state index contributed by atoms with van der Waals surface area (Å²) in [7, 11) is 0. The van der Waals surface area contributed by atoms with E-state index in [4.69, 9.17) is 0 Å². The molecule has 0 aliphatic rings. The highest BCUT2D eigenvalue weighted by atomic mass is 19.3. The summed E-state index contributed by atoms with van der Waals surface area (Å²) in [4.78, 5) is 3.60. The maximum Gasteiger partial charge on any atom is 0.315 e. The predicted octanol–water partition coefficient (Wildman–Crippen LogP) is 2.91. The van der Waals surface area contributed by atoms with E-state index >= 15 is 0 Å². The summed E-state index contributed by atoms with van der Waals surface area (Å²) in [6, 6.07) is 0. The lowest BCUT2D eigenvalue weighted by atomic mass is 10.1. The van der Waals surface area contributed by atoms with Crippen LogP contribution < -0.4 is 0 Å². The topological polar surface area (TPSA) is 38.9 Å². The zero-order valence-corrected chi connectivity index (χ0v) is 7.63. The summed E-state index contributed by atoms with van der Waals surface area (Å²) in [6.07, 6.45) is -0.822. The van der Waals surface area contributed by atoms with Crippen molar-refractivity contribution in [1.29, 1.82) is 0 Å². The first-order valence-corrected chi connectivity index (χ1v) is 4.26. The van der Waals surface area contributed by atoms with Crippen LogP contribution in [0, 0.1) is 0 Å². The van der Waals surface area contributed by atoms with E-state index in [1.807, 2.05) is 13.8 Å². The van der Waals surface area contributed by atoms with Gasteiger partial charge in [-0.05, 0) is 6.42 Å². The van der Waals surface area contributed by atoms with Gasteiger partial charge in [0.2, 0.25) is 0 Å². The third kappa shape index (κ3) is 2.47. The summed E-state index contributed by atoms with van der Waals surface area (Å²) in [5.74, 6) is -0.128. The molecule has 1 aromatic rings. The number of hydrogen-bond donors (Lipinski definition) is 0. The Balaban J connectivity index is 2.67. The Kier molecular flexibility index (Phi) is 3.33. The normalized spacial score (nSPS) is 13.6. The van der Waals surface area contributed by atoms with Crippen LogP contribution in [0.1, 0.15) is 50.7 Å². The second-order valence-corrected chi connectivity index (χ2v) is 2.98. The van der Waals surface area contributed by atoms with E-state index in [2.05, 4.69) is 14.7 Å². The van der Waals surface area contributed by atoms with E-state index in [0.29, 0.717) is 5.82 Å². The second-order valence-electron chi connectivity index (χ2n) is 2.98. The largest absolute Gasteiger partial charge is 0.333 e. The van der Waals surface area contributed by atoms with Gasteiger partial charge < -0.3 is 4.52 Å². The van der Waals surface area contributed by atoms with Crippen molar-refractivity contribution >= 4 is 0 Å². The molecule has 1 unspecified atom stereocenters. The minimum Gasteiger partial charge on any atom is -0.333 e. The Labute approximate surface area is 75.1 Å². The van der Waals surface area contributed by atoms with Crippen molar-refractivity contribution in [2.24, 2.45) is 0 Å². The van der Waals surface area contributed by atoms with Crippen LogP contribution in [0.2, 0.25) is 0 Å².